The summed E-state index contributed by atoms with van der Waals surface area (Å²) < 4.78 is 5.45. The molecule has 3 heteroatoms. The largest absolute Gasteiger partial charge is 0.507 e. The zero-order valence-electron chi connectivity index (χ0n) is 14.8. The van der Waals surface area contributed by atoms with Gasteiger partial charge in [0, 0.05) is 0 Å². The first kappa shape index (κ1) is 17.1. The molecule has 0 aliphatic carbocycles. The summed E-state index contributed by atoms with van der Waals surface area (Å²) in [5, 5.41) is 11.3. The van der Waals surface area contributed by atoms with Crippen LogP contribution in [-0.2, 0) is 12.8 Å². The van der Waals surface area contributed by atoms with E-state index < -0.39 is 5.63 Å². The Morgan fingerprint density at radius 1 is 0.778 bits per heavy atom. The van der Waals surface area contributed by atoms with E-state index in [9.17, 15) is 9.90 Å². The minimum absolute atomic E-state index is 0.0239. The summed E-state index contributed by atoms with van der Waals surface area (Å²) in [5.41, 5.74) is 2.59. The van der Waals surface area contributed by atoms with Gasteiger partial charge in [-0.05, 0) is 42.0 Å². The van der Waals surface area contributed by atoms with Gasteiger partial charge in [-0.15, -0.1) is 0 Å². The fraction of sp³-hybridized carbons (Fsp3) is 0.125. The molecule has 1 atom stereocenters. The molecule has 1 unspecified atom stereocenters. The van der Waals surface area contributed by atoms with Crippen LogP contribution in [0.15, 0.2) is 94.1 Å². The first-order valence-corrected chi connectivity index (χ1v) is 9.05. The molecular weight excluding hydrogens is 336 g/mol. The Kier molecular flexibility index (Phi) is 4.75. The molecule has 27 heavy (non-hydrogen) atoms. The number of hydrogen-bond acceptors (Lipinski definition) is 3. The number of fused-ring (bicyclic) bond motifs is 1. The molecule has 134 valence electrons. The van der Waals surface area contributed by atoms with Gasteiger partial charge in [0.25, 0.3) is 0 Å². The van der Waals surface area contributed by atoms with Crippen molar-refractivity contribution in [1.29, 1.82) is 0 Å². The van der Waals surface area contributed by atoms with E-state index in [1.54, 1.807) is 18.2 Å². The quantitative estimate of drug-likeness (QED) is 0.508. The van der Waals surface area contributed by atoms with Crippen LogP contribution in [0.3, 0.4) is 0 Å². The first-order chi connectivity index (χ1) is 13.2. The molecule has 0 saturated heterocycles. The molecule has 0 bridgehead atoms. The summed E-state index contributed by atoms with van der Waals surface area (Å²) in [7, 11) is 0. The lowest BCUT2D eigenvalue weighted by molar-refractivity contribution is 0.451. The average molecular weight is 356 g/mol. The number of rotatable bonds is 5. The van der Waals surface area contributed by atoms with E-state index >= 15 is 0 Å². The van der Waals surface area contributed by atoms with Gasteiger partial charge >= 0.3 is 5.63 Å². The molecule has 0 aliphatic heterocycles. The Balaban J connectivity index is 1.76. The highest BCUT2D eigenvalue weighted by atomic mass is 16.4. The van der Waals surface area contributed by atoms with Crippen LogP contribution >= 0.6 is 0 Å². The lowest BCUT2D eigenvalue weighted by Gasteiger charge is -2.18. The molecule has 1 heterocycles. The summed E-state index contributed by atoms with van der Waals surface area (Å²) in [6.07, 6.45) is 1.19. The molecule has 3 nitrogen and oxygen atoms in total. The normalized spacial score (nSPS) is 12.1. The zero-order chi connectivity index (χ0) is 18.6. The van der Waals surface area contributed by atoms with E-state index in [0.29, 0.717) is 23.0 Å². The van der Waals surface area contributed by atoms with Crippen LogP contribution < -0.4 is 5.63 Å². The maximum Gasteiger partial charge on any atom is 0.343 e. The first-order valence-electron chi connectivity index (χ1n) is 9.05. The Morgan fingerprint density at radius 2 is 1.41 bits per heavy atom. The average Bonchev–Trinajstić information content (AvgIpc) is 2.71. The van der Waals surface area contributed by atoms with E-state index in [0.717, 1.165) is 12.0 Å². The molecule has 0 spiro atoms. The van der Waals surface area contributed by atoms with Crippen molar-refractivity contribution in [3.05, 3.63) is 112 Å². The minimum Gasteiger partial charge on any atom is -0.507 e. The van der Waals surface area contributed by atoms with Crippen LogP contribution in [0.25, 0.3) is 11.0 Å². The monoisotopic (exact) mass is 356 g/mol. The lowest BCUT2D eigenvalue weighted by atomic mass is 9.86. The Labute approximate surface area is 157 Å². The van der Waals surface area contributed by atoms with Crippen LogP contribution in [-0.4, -0.2) is 5.11 Å². The van der Waals surface area contributed by atoms with Crippen molar-refractivity contribution in [2.45, 2.75) is 18.8 Å². The summed E-state index contributed by atoms with van der Waals surface area (Å²) in [6, 6.07) is 27.3. The lowest BCUT2D eigenvalue weighted by Crippen LogP contribution is -2.14. The van der Waals surface area contributed by atoms with E-state index in [1.165, 1.54) is 5.56 Å². The predicted octanol–water partition coefficient (Wildman–Crippen LogP) is 5.07. The number of benzene rings is 3. The SMILES string of the molecule is O=c1oc2ccccc2c(O)c1CC(Cc1ccccc1)c1ccccc1. The Morgan fingerprint density at radius 3 is 2.15 bits per heavy atom. The molecule has 0 aliphatic rings. The summed E-state index contributed by atoms with van der Waals surface area (Å²) in [4.78, 5) is 12.5. The van der Waals surface area contributed by atoms with Crippen molar-refractivity contribution in [2.24, 2.45) is 0 Å². The van der Waals surface area contributed by atoms with Gasteiger partial charge in [0.05, 0.1) is 10.9 Å². The molecule has 0 saturated carbocycles. The molecule has 4 aromatic rings. The van der Waals surface area contributed by atoms with Crippen molar-refractivity contribution in [3.8, 4) is 5.75 Å². The molecule has 1 aromatic heterocycles. The van der Waals surface area contributed by atoms with E-state index in [-0.39, 0.29) is 11.7 Å². The maximum absolute atomic E-state index is 12.5. The predicted molar refractivity (Wildman–Crippen MR) is 107 cm³/mol. The Hall–Kier alpha value is -3.33. The summed E-state index contributed by atoms with van der Waals surface area (Å²) >= 11 is 0. The topological polar surface area (TPSA) is 50.4 Å². The molecular formula is C24H20O3. The van der Waals surface area contributed by atoms with Gasteiger partial charge in [0.15, 0.2) is 0 Å². The molecule has 1 N–H and O–H groups in total. The third-order valence-electron chi connectivity index (χ3n) is 4.92. The van der Waals surface area contributed by atoms with Gasteiger partial charge in [-0.1, -0.05) is 72.8 Å². The highest BCUT2D eigenvalue weighted by molar-refractivity contribution is 5.83. The van der Waals surface area contributed by atoms with Crippen molar-refractivity contribution in [3.63, 3.8) is 0 Å². The molecule has 0 amide bonds. The van der Waals surface area contributed by atoms with Crippen molar-refractivity contribution >= 4 is 11.0 Å². The number of para-hydroxylation sites is 1. The molecule has 3 aromatic carbocycles. The van der Waals surface area contributed by atoms with Crippen LogP contribution in [0.5, 0.6) is 5.75 Å². The second-order valence-electron chi connectivity index (χ2n) is 6.71. The second-order valence-corrected chi connectivity index (χ2v) is 6.71. The molecule has 0 fully saturated rings. The number of aromatic hydroxyl groups is 1. The Bertz CT molecular complexity index is 1100. The van der Waals surface area contributed by atoms with Crippen LogP contribution in [0.1, 0.15) is 22.6 Å². The smallest absolute Gasteiger partial charge is 0.343 e. The van der Waals surface area contributed by atoms with Gasteiger partial charge in [-0.25, -0.2) is 4.79 Å². The standard InChI is InChI=1S/C24H20O3/c25-23-20-13-7-8-14-22(20)27-24(26)21(23)16-19(18-11-5-2-6-12-18)15-17-9-3-1-4-10-17/h1-14,19,25H,15-16H2. The number of hydrogen-bond donors (Lipinski definition) is 1. The van der Waals surface area contributed by atoms with Gasteiger partial charge in [0.2, 0.25) is 0 Å². The van der Waals surface area contributed by atoms with Crippen LogP contribution in [0.2, 0.25) is 0 Å². The summed E-state index contributed by atoms with van der Waals surface area (Å²) in [5.74, 6) is 0.0828. The van der Waals surface area contributed by atoms with Gasteiger partial charge < -0.3 is 9.52 Å². The van der Waals surface area contributed by atoms with Crippen molar-refractivity contribution < 1.29 is 9.52 Å². The van der Waals surface area contributed by atoms with Crippen molar-refractivity contribution in [1.82, 2.24) is 0 Å². The van der Waals surface area contributed by atoms with Gasteiger partial charge in [-0.2, -0.15) is 0 Å². The highest BCUT2D eigenvalue weighted by Crippen LogP contribution is 2.31. The van der Waals surface area contributed by atoms with Crippen molar-refractivity contribution in [2.75, 3.05) is 0 Å². The zero-order valence-corrected chi connectivity index (χ0v) is 14.8. The minimum atomic E-state index is -0.472. The van der Waals surface area contributed by atoms with E-state index in [1.807, 2.05) is 42.5 Å². The summed E-state index contributed by atoms with van der Waals surface area (Å²) in [6.45, 7) is 0. The second kappa shape index (κ2) is 7.50. The van der Waals surface area contributed by atoms with Gasteiger partial charge in [-0.3, -0.25) is 0 Å². The van der Waals surface area contributed by atoms with E-state index in [2.05, 4.69) is 24.3 Å². The fourth-order valence-electron chi connectivity index (χ4n) is 3.53. The van der Waals surface area contributed by atoms with Crippen LogP contribution in [0, 0.1) is 0 Å². The van der Waals surface area contributed by atoms with E-state index in [4.69, 9.17) is 4.42 Å². The third-order valence-corrected chi connectivity index (χ3v) is 4.92. The fourth-order valence-corrected chi connectivity index (χ4v) is 3.53. The molecule has 0 radical (unpaired) electrons. The highest BCUT2D eigenvalue weighted by Gasteiger charge is 2.20. The van der Waals surface area contributed by atoms with Gasteiger partial charge in [0.1, 0.15) is 11.3 Å². The maximum atomic E-state index is 12.5. The van der Waals surface area contributed by atoms with Crippen LogP contribution in [0.4, 0.5) is 0 Å². The molecule has 4 rings (SSSR count). The third kappa shape index (κ3) is 3.63.